The van der Waals surface area contributed by atoms with Crippen LogP contribution < -0.4 is 5.32 Å². The Morgan fingerprint density at radius 1 is 1.52 bits per heavy atom. The average molecular weight is 313 g/mol. The second-order valence-electron chi connectivity index (χ2n) is 4.92. The number of carboxylic acid groups (broad SMARTS) is 1. The molecule has 1 fully saturated rings. The van der Waals surface area contributed by atoms with E-state index in [1.165, 1.54) is 16.7 Å². The number of amides is 2. The molecule has 0 bridgehead atoms. The van der Waals surface area contributed by atoms with Crippen molar-refractivity contribution in [2.75, 3.05) is 5.75 Å². The average Bonchev–Trinajstić information content (AvgIpc) is 3.01. The van der Waals surface area contributed by atoms with Gasteiger partial charge in [-0.2, -0.15) is 0 Å². The summed E-state index contributed by atoms with van der Waals surface area (Å²) in [6.07, 6.45) is 0.715. The zero-order valence-electron chi connectivity index (χ0n) is 12.3. The van der Waals surface area contributed by atoms with Gasteiger partial charge in [-0.1, -0.05) is 12.1 Å². The molecule has 2 amide bonds. The molecule has 2 rings (SSSR count). The number of carboxylic acids is 1. The molecule has 2 atom stereocenters. The molecule has 1 aromatic heterocycles. The van der Waals surface area contributed by atoms with E-state index in [4.69, 9.17) is 4.52 Å². The van der Waals surface area contributed by atoms with Gasteiger partial charge in [0.25, 0.3) is 0 Å². The van der Waals surface area contributed by atoms with E-state index in [1.807, 2.05) is 6.92 Å². The molecule has 0 aromatic carbocycles. The smallest absolute Gasteiger partial charge is 0.327 e. The zero-order valence-corrected chi connectivity index (χ0v) is 13.1. The minimum Gasteiger partial charge on any atom is -0.480 e. The standard InChI is InChI=1S/C13H19N3O4S/c1-4-11-16(10(6-21-11)12(17)18)13(19)14-5-9-7(2)15-20-8(9)3/h10-11H,4-6H2,1-3H3,(H,14,19)(H,17,18). The summed E-state index contributed by atoms with van der Waals surface area (Å²) in [4.78, 5) is 25.0. The van der Waals surface area contributed by atoms with Gasteiger partial charge in [0.15, 0.2) is 0 Å². The van der Waals surface area contributed by atoms with Crippen LogP contribution >= 0.6 is 11.8 Å². The lowest BCUT2D eigenvalue weighted by molar-refractivity contribution is -0.141. The van der Waals surface area contributed by atoms with Crippen molar-refractivity contribution in [1.82, 2.24) is 15.4 Å². The number of hydrogen-bond acceptors (Lipinski definition) is 5. The SMILES string of the molecule is CCC1SCC(C(=O)O)N1C(=O)NCc1c(C)noc1C. The van der Waals surface area contributed by atoms with E-state index in [2.05, 4.69) is 10.5 Å². The fourth-order valence-corrected chi connectivity index (χ4v) is 3.70. The van der Waals surface area contributed by atoms with Crippen LogP contribution in [0, 0.1) is 13.8 Å². The normalized spacial score (nSPS) is 21.6. The highest BCUT2D eigenvalue weighted by Crippen LogP contribution is 2.31. The Balaban J connectivity index is 2.05. The first-order valence-electron chi connectivity index (χ1n) is 6.78. The minimum atomic E-state index is -0.967. The van der Waals surface area contributed by atoms with Crippen LogP contribution in [-0.2, 0) is 11.3 Å². The summed E-state index contributed by atoms with van der Waals surface area (Å²) >= 11 is 1.50. The molecule has 0 saturated carbocycles. The number of rotatable bonds is 4. The van der Waals surface area contributed by atoms with Crippen molar-refractivity contribution >= 4 is 23.8 Å². The Hall–Kier alpha value is -1.70. The summed E-state index contributed by atoms with van der Waals surface area (Å²) in [5.74, 6) is 0.114. The highest BCUT2D eigenvalue weighted by atomic mass is 32.2. The molecule has 0 aliphatic carbocycles. The molecule has 2 heterocycles. The molecule has 116 valence electrons. The van der Waals surface area contributed by atoms with Gasteiger partial charge in [-0.05, 0) is 20.3 Å². The van der Waals surface area contributed by atoms with E-state index >= 15 is 0 Å². The fraction of sp³-hybridized carbons (Fsp3) is 0.615. The number of urea groups is 1. The van der Waals surface area contributed by atoms with E-state index < -0.39 is 12.0 Å². The lowest BCUT2D eigenvalue weighted by Crippen LogP contribution is -2.49. The first kappa shape index (κ1) is 15.7. The lowest BCUT2D eigenvalue weighted by Gasteiger charge is -2.26. The zero-order chi connectivity index (χ0) is 15.6. The number of aryl methyl sites for hydroxylation is 2. The molecule has 8 heteroatoms. The van der Waals surface area contributed by atoms with Crippen LogP contribution in [-0.4, -0.2) is 44.3 Å². The predicted molar refractivity (Wildman–Crippen MR) is 78.0 cm³/mol. The van der Waals surface area contributed by atoms with Crippen LogP contribution in [0.5, 0.6) is 0 Å². The van der Waals surface area contributed by atoms with E-state index in [9.17, 15) is 14.7 Å². The Morgan fingerprint density at radius 3 is 2.76 bits per heavy atom. The maximum Gasteiger partial charge on any atom is 0.327 e. The number of carbonyl (C=O) groups excluding carboxylic acids is 1. The van der Waals surface area contributed by atoms with Gasteiger partial charge >= 0.3 is 12.0 Å². The van der Waals surface area contributed by atoms with Crippen LogP contribution in [0.15, 0.2) is 4.52 Å². The molecule has 1 aliphatic heterocycles. The van der Waals surface area contributed by atoms with Crippen molar-refractivity contribution in [1.29, 1.82) is 0 Å². The highest BCUT2D eigenvalue weighted by Gasteiger charge is 2.40. The number of nitrogens with zero attached hydrogens (tertiary/aromatic N) is 2. The third-order valence-electron chi connectivity index (χ3n) is 3.56. The van der Waals surface area contributed by atoms with E-state index in [0.29, 0.717) is 17.9 Å². The fourth-order valence-electron chi connectivity index (χ4n) is 2.35. The summed E-state index contributed by atoms with van der Waals surface area (Å²) in [6.45, 7) is 5.81. The number of aliphatic carboxylic acids is 1. The molecule has 0 spiro atoms. The number of aromatic nitrogens is 1. The Bertz CT molecular complexity index is 526. The largest absolute Gasteiger partial charge is 0.480 e. The van der Waals surface area contributed by atoms with Crippen LogP contribution in [0.4, 0.5) is 4.79 Å². The van der Waals surface area contributed by atoms with Crippen molar-refractivity contribution in [3.8, 4) is 0 Å². The van der Waals surface area contributed by atoms with Crippen LogP contribution in [0.1, 0.15) is 30.4 Å². The second kappa shape index (κ2) is 6.38. The molecule has 2 unspecified atom stereocenters. The molecule has 2 N–H and O–H groups in total. The van der Waals surface area contributed by atoms with Gasteiger partial charge in [0.1, 0.15) is 11.8 Å². The Morgan fingerprint density at radius 2 is 2.24 bits per heavy atom. The van der Waals surface area contributed by atoms with Crippen LogP contribution in [0.25, 0.3) is 0 Å². The predicted octanol–water partition coefficient (Wildman–Crippen LogP) is 1.74. The van der Waals surface area contributed by atoms with Gasteiger partial charge in [0, 0.05) is 17.9 Å². The van der Waals surface area contributed by atoms with E-state index in [-0.39, 0.29) is 17.9 Å². The summed E-state index contributed by atoms with van der Waals surface area (Å²) in [5, 5.41) is 15.7. The van der Waals surface area contributed by atoms with Gasteiger partial charge in [-0.3, -0.25) is 4.90 Å². The Labute approximate surface area is 127 Å². The summed E-state index contributed by atoms with van der Waals surface area (Å²) in [7, 11) is 0. The first-order chi connectivity index (χ1) is 9.95. The van der Waals surface area contributed by atoms with Gasteiger partial charge in [-0.15, -0.1) is 11.8 Å². The van der Waals surface area contributed by atoms with Crippen LogP contribution in [0.2, 0.25) is 0 Å². The lowest BCUT2D eigenvalue weighted by atomic mass is 10.2. The second-order valence-corrected chi connectivity index (χ2v) is 6.13. The molecule has 1 aliphatic rings. The van der Waals surface area contributed by atoms with Gasteiger partial charge in [0.2, 0.25) is 0 Å². The number of thioether (sulfide) groups is 1. The van der Waals surface area contributed by atoms with Crippen LogP contribution in [0.3, 0.4) is 0 Å². The molecule has 1 aromatic rings. The third kappa shape index (κ3) is 3.15. The van der Waals surface area contributed by atoms with Gasteiger partial charge in [0.05, 0.1) is 11.1 Å². The number of carbonyl (C=O) groups is 2. The molecule has 21 heavy (non-hydrogen) atoms. The first-order valence-corrected chi connectivity index (χ1v) is 7.82. The van der Waals surface area contributed by atoms with Gasteiger partial charge in [-0.25, -0.2) is 9.59 Å². The van der Waals surface area contributed by atoms with Crippen molar-refractivity contribution in [2.24, 2.45) is 0 Å². The van der Waals surface area contributed by atoms with Crippen molar-refractivity contribution in [3.63, 3.8) is 0 Å². The molecule has 0 radical (unpaired) electrons. The Kier molecular flexibility index (Phi) is 4.76. The van der Waals surface area contributed by atoms with Gasteiger partial charge < -0.3 is 14.9 Å². The maximum absolute atomic E-state index is 12.3. The summed E-state index contributed by atoms with van der Waals surface area (Å²) < 4.78 is 5.04. The third-order valence-corrected chi connectivity index (χ3v) is 5.01. The minimum absolute atomic E-state index is 0.101. The molecular weight excluding hydrogens is 294 g/mol. The molecule has 7 nitrogen and oxygen atoms in total. The molecular formula is C13H19N3O4S. The van der Waals surface area contributed by atoms with Crippen molar-refractivity contribution in [2.45, 2.75) is 45.2 Å². The number of nitrogens with one attached hydrogen (secondary N) is 1. The van der Waals surface area contributed by atoms with E-state index in [1.54, 1.807) is 13.8 Å². The number of hydrogen-bond donors (Lipinski definition) is 2. The van der Waals surface area contributed by atoms with Crippen molar-refractivity contribution < 1.29 is 19.2 Å². The summed E-state index contributed by atoms with van der Waals surface area (Å²) in [6, 6.07) is -1.14. The summed E-state index contributed by atoms with van der Waals surface area (Å²) in [5.41, 5.74) is 1.56. The highest BCUT2D eigenvalue weighted by molar-refractivity contribution is 8.00. The topological polar surface area (TPSA) is 95.7 Å². The quantitative estimate of drug-likeness (QED) is 0.879. The van der Waals surface area contributed by atoms with Crippen molar-refractivity contribution in [3.05, 3.63) is 17.0 Å². The maximum atomic E-state index is 12.3. The van der Waals surface area contributed by atoms with E-state index in [0.717, 1.165) is 11.3 Å². The molecule has 1 saturated heterocycles. The monoisotopic (exact) mass is 313 g/mol.